The Morgan fingerprint density at radius 1 is 1.21 bits per heavy atom. The minimum atomic E-state index is -0.312. The molecule has 1 aromatic heterocycles. The molecule has 1 saturated heterocycles. The summed E-state index contributed by atoms with van der Waals surface area (Å²) in [5, 5.41) is 9.46. The van der Waals surface area contributed by atoms with Crippen LogP contribution in [0.4, 0.5) is 10.1 Å². The van der Waals surface area contributed by atoms with Crippen molar-refractivity contribution in [1.82, 2.24) is 4.90 Å². The number of furan rings is 1. The van der Waals surface area contributed by atoms with E-state index in [4.69, 9.17) is 4.42 Å². The van der Waals surface area contributed by atoms with Crippen LogP contribution >= 0.6 is 0 Å². The van der Waals surface area contributed by atoms with Crippen molar-refractivity contribution in [3.8, 4) is 6.07 Å². The van der Waals surface area contributed by atoms with Crippen LogP contribution in [0.25, 0.3) is 6.08 Å². The van der Waals surface area contributed by atoms with Crippen molar-refractivity contribution >= 4 is 17.7 Å². The molecule has 0 radical (unpaired) electrons. The first-order chi connectivity index (χ1) is 13.6. The average molecular weight is 379 g/mol. The van der Waals surface area contributed by atoms with Crippen molar-refractivity contribution in [3.05, 3.63) is 59.3 Å². The van der Waals surface area contributed by atoms with Gasteiger partial charge in [0.05, 0.1) is 5.69 Å². The van der Waals surface area contributed by atoms with Gasteiger partial charge in [0.15, 0.2) is 0 Å². The molecule has 0 unspecified atom stereocenters. The molecule has 1 aromatic carbocycles. The lowest BCUT2D eigenvalue weighted by Gasteiger charge is -2.36. The highest BCUT2D eigenvalue weighted by Gasteiger charge is 2.36. The zero-order valence-corrected chi connectivity index (χ0v) is 15.8. The summed E-state index contributed by atoms with van der Waals surface area (Å²) in [7, 11) is 0. The monoisotopic (exact) mass is 379 g/mol. The number of halogens is 1. The second kappa shape index (κ2) is 7.51. The molecule has 4 rings (SSSR count). The van der Waals surface area contributed by atoms with Gasteiger partial charge in [0, 0.05) is 38.2 Å². The van der Waals surface area contributed by atoms with Crippen LogP contribution in [0, 0.1) is 23.1 Å². The number of rotatable bonds is 4. The first-order valence-electron chi connectivity index (χ1n) is 9.57. The smallest absolute Gasteiger partial charge is 0.264 e. The van der Waals surface area contributed by atoms with Crippen LogP contribution in [0.1, 0.15) is 30.8 Å². The molecule has 2 heterocycles. The number of hydrogen-bond acceptors (Lipinski definition) is 4. The Balaban J connectivity index is 1.41. The van der Waals surface area contributed by atoms with Gasteiger partial charge in [-0.05, 0) is 36.6 Å². The molecule has 1 aliphatic carbocycles. The highest BCUT2D eigenvalue weighted by Crippen LogP contribution is 2.47. The summed E-state index contributed by atoms with van der Waals surface area (Å²) in [6, 6.07) is 12.4. The number of carbonyl (C=O) groups is 1. The van der Waals surface area contributed by atoms with Crippen molar-refractivity contribution in [2.45, 2.75) is 19.3 Å². The van der Waals surface area contributed by atoms with Gasteiger partial charge in [0.1, 0.15) is 29.0 Å². The van der Waals surface area contributed by atoms with Crippen LogP contribution in [0.2, 0.25) is 0 Å². The quantitative estimate of drug-likeness (QED) is 0.599. The molecule has 2 atom stereocenters. The van der Waals surface area contributed by atoms with Gasteiger partial charge in [-0.15, -0.1) is 0 Å². The summed E-state index contributed by atoms with van der Waals surface area (Å²) in [5.74, 6) is 1.96. The number of hydrogen-bond donors (Lipinski definition) is 0. The lowest BCUT2D eigenvalue weighted by molar-refractivity contribution is -0.126. The van der Waals surface area contributed by atoms with Crippen molar-refractivity contribution < 1.29 is 13.6 Å². The van der Waals surface area contributed by atoms with Crippen LogP contribution in [0.15, 0.2) is 46.4 Å². The molecular weight excluding hydrogens is 357 g/mol. The molecule has 2 aromatic rings. The van der Waals surface area contributed by atoms with E-state index in [1.165, 1.54) is 12.1 Å². The second-order valence-electron chi connectivity index (χ2n) is 7.46. The Morgan fingerprint density at radius 2 is 1.93 bits per heavy atom. The first-order valence-corrected chi connectivity index (χ1v) is 9.57. The highest BCUT2D eigenvalue weighted by atomic mass is 19.1. The molecule has 2 fully saturated rings. The fourth-order valence-electron chi connectivity index (χ4n) is 3.68. The number of benzene rings is 1. The lowest BCUT2D eigenvalue weighted by atomic mass is 10.2. The molecule has 1 saturated carbocycles. The number of amides is 1. The van der Waals surface area contributed by atoms with E-state index in [2.05, 4.69) is 6.92 Å². The molecule has 1 amide bonds. The van der Waals surface area contributed by atoms with E-state index in [1.807, 2.05) is 17.0 Å². The molecule has 28 heavy (non-hydrogen) atoms. The molecule has 0 bridgehead atoms. The van der Waals surface area contributed by atoms with E-state index in [0.29, 0.717) is 49.5 Å². The van der Waals surface area contributed by atoms with Crippen molar-refractivity contribution in [2.24, 2.45) is 5.92 Å². The standard InChI is InChI=1S/C22H22FN3O2/c1-15-12-18(15)21-7-6-17(28-21)13-16(14-24)22(27)26-10-8-25(9-11-26)20-5-3-2-4-19(20)23/h2-7,13,15,18H,8-12H2,1H3/b16-13+/t15-,18-/m0/s1. The number of nitriles is 1. The zero-order valence-electron chi connectivity index (χ0n) is 15.8. The van der Waals surface area contributed by atoms with Gasteiger partial charge >= 0.3 is 0 Å². The van der Waals surface area contributed by atoms with Crippen molar-refractivity contribution in [2.75, 3.05) is 31.1 Å². The largest absolute Gasteiger partial charge is 0.461 e. The second-order valence-corrected chi connectivity index (χ2v) is 7.46. The Morgan fingerprint density at radius 3 is 2.57 bits per heavy atom. The van der Waals surface area contributed by atoms with Crippen molar-refractivity contribution in [3.63, 3.8) is 0 Å². The maximum absolute atomic E-state index is 14.0. The van der Waals surface area contributed by atoms with Gasteiger partial charge in [0.25, 0.3) is 5.91 Å². The van der Waals surface area contributed by atoms with Crippen LogP contribution in [-0.2, 0) is 4.79 Å². The topological polar surface area (TPSA) is 60.5 Å². The van der Waals surface area contributed by atoms with Gasteiger partial charge in [-0.3, -0.25) is 4.79 Å². The van der Waals surface area contributed by atoms with Crippen LogP contribution < -0.4 is 4.90 Å². The van der Waals surface area contributed by atoms with Gasteiger partial charge in [-0.25, -0.2) is 4.39 Å². The van der Waals surface area contributed by atoms with E-state index < -0.39 is 0 Å². The zero-order chi connectivity index (χ0) is 19.7. The predicted molar refractivity (Wildman–Crippen MR) is 104 cm³/mol. The SMILES string of the molecule is C[C@H]1C[C@@H]1c1ccc(/C=C(\C#N)C(=O)N2CCN(c3ccccc3F)CC2)o1. The minimum absolute atomic E-state index is 0.0593. The highest BCUT2D eigenvalue weighted by molar-refractivity contribution is 6.01. The Hall–Kier alpha value is -3.07. The molecule has 0 N–H and O–H groups in total. The Bertz CT molecular complexity index is 951. The Kier molecular flexibility index (Phi) is 4.91. The van der Waals surface area contributed by atoms with Crippen molar-refractivity contribution in [1.29, 1.82) is 5.26 Å². The molecule has 2 aliphatic rings. The minimum Gasteiger partial charge on any atom is -0.461 e. The predicted octanol–water partition coefficient (Wildman–Crippen LogP) is 3.80. The Labute approximate surface area is 163 Å². The van der Waals surface area contributed by atoms with Gasteiger partial charge in [0.2, 0.25) is 0 Å². The van der Waals surface area contributed by atoms with Gasteiger partial charge < -0.3 is 14.2 Å². The molecule has 6 heteroatoms. The van der Waals surface area contributed by atoms with E-state index >= 15 is 0 Å². The van der Waals surface area contributed by atoms with Crippen LogP contribution in [-0.4, -0.2) is 37.0 Å². The third kappa shape index (κ3) is 3.65. The third-order valence-corrected chi connectivity index (χ3v) is 5.52. The summed E-state index contributed by atoms with van der Waals surface area (Å²) in [6.45, 7) is 4.10. The maximum atomic E-state index is 14.0. The lowest BCUT2D eigenvalue weighted by Crippen LogP contribution is -2.49. The number of nitrogens with zero attached hydrogens (tertiary/aromatic N) is 3. The first kappa shape index (κ1) is 18.3. The van der Waals surface area contributed by atoms with Crippen LogP contribution in [0.5, 0.6) is 0 Å². The summed E-state index contributed by atoms with van der Waals surface area (Å²) in [5.41, 5.74) is 0.604. The summed E-state index contributed by atoms with van der Waals surface area (Å²) in [4.78, 5) is 16.3. The third-order valence-electron chi connectivity index (χ3n) is 5.52. The number of piperazine rings is 1. The fourth-order valence-corrected chi connectivity index (χ4v) is 3.68. The summed E-state index contributed by atoms with van der Waals surface area (Å²) >= 11 is 0. The van der Waals surface area contributed by atoms with E-state index in [-0.39, 0.29) is 17.3 Å². The maximum Gasteiger partial charge on any atom is 0.264 e. The molecule has 144 valence electrons. The molecule has 1 aliphatic heterocycles. The van der Waals surface area contributed by atoms with E-state index in [1.54, 1.807) is 29.2 Å². The molecule has 0 spiro atoms. The fraction of sp³-hybridized carbons (Fsp3) is 0.364. The number of para-hydroxylation sites is 1. The van der Waals surface area contributed by atoms with E-state index in [0.717, 1.165) is 12.2 Å². The number of carbonyl (C=O) groups excluding carboxylic acids is 1. The van der Waals surface area contributed by atoms with Crippen LogP contribution in [0.3, 0.4) is 0 Å². The summed E-state index contributed by atoms with van der Waals surface area (Å²) < 4.78 is 19.7. The number of anilines is 1. The summed E-state index contributed by atoms with van der Waals surface area (Å²) in [6.07, 6.45) is 2.63. The average Bonchev–Trinajstić information content (AvgIpc) is 3.26. The van der Waals surface area contributed by atoms with Gasteiger partial charge in [-0.1, -0.05) is 19.1 Å². The normalized spacial score (nSPS) is 22.1. The molecule has 5 nitrogen and oxygen atoms in total. The van der Waals surface area contributed by atoms with E-state index in [9.17, 15) is 14.4 Å². The molecular formula is C22H22FN3O2. The van der Waals surface area contributed by atoms with Gasteiger partial charge in [-0.2, -0.15) is 5.26 Å².